The number of ether oxygens (including phenoxy) is 1. The van der Waals surface area contributed by atoms with Gasteiger partial charge in [-0.05, 0) is 30.9 Å². The predicted molar refractivity (Wildman–Crippen MR) is 78.5 cm³/mol. The van der Waals surface area contributed by atoms with Crippen molar-refractivity contribution in [2.75, 3.05) is 7.11 Å². The summed E-state index contributed by atoms with van der Waals surface area (Å²) in [7, 11) is 1.53. The Morgan fingerprint density at radius 1 is 1.26 bits per heavy atom. The van der Waals surface area contributed by atoms with E-state index in [0.29, 0.717) is 27.3 Å². The van der Waals surface area contributed by atoms with Crippen LogP contribution in [0.25, 0.3) is 0 Å². The van der Waals surface area contributed by atoms with Crippen LogP contribution >= 0.6 is 23.2 Å². The van der Waals surface area contributed by atoms with Crippen LogP contribution in [0.3, 0.4) is 0 Å². The van der Waals surface area contributed by atoms with Crippen LogP contribution in [0.2, 0.25) is 10.0 Å². The van der Waals surface area contributed by atoms with Gasteiger partial charge in [-0.2, -0.15) is 0 Å². The van der Waals surface area contributed by atoms with Gasteiger partial charge in [-0.25, -0.2) is 0 Å². The molecule has 1 aliphatic carbocycles. The molecule has 2 nitrogen and oxygen atoms in total. The lowest BCUT2D eigenvalue weighted by atomic mass is 9.86. The number of methoxy groups -OCH3 is 1. The van der Waals surface area contributed by atoms with Crippen LogP contribution in [-0.4, -0.2) is 12.9 Å². The van der Waals surface area contributed by atoms with Crippen molar-refractivity contribution < 1.29 is 9.53 Å². The number of halogens is 2. The third-order valence-corrected chi connectivity index (χ3v) is 4.92. The average molecular weight is 301 g/mol. The van der Waals surface area contributed by atoms with E-state index in [9.17, 15) is 4.79 Å². The number of Topliss-reactive ketones (excluding diaryl/α,β-unsaturated/α-hetero) is 1. The molecule has 1 fully saturated rings. The molecule has 0 heterocycles. The van der Waals surface area contributed by atoms with Gasteiger partial charge in [0, 0.05) is 11.5 Å². The number of benzene rings is 1. The second-order valence-corrected chi connectivity index (χ2v) is 5.90. The van der Waals surface area contributed by atoms with Gasteiger partial charge < -0.3 is 4.74 Å². The standard InChI is InChI=1S/C15H18Cl2O2/c1-9(10-5-3-4-6-10)15(18)11-7-8-12(19-2)14(17)13(11)16/h7-10H,3-6H2,1-2H3. The largest absolute Gasteiger partial charge is 0.495 e. The molecule has 2 rings (SSSR count). The number of ketones is 1. The zero-order chi connectivity index (χ0) is 14.0. The number of carbonyl (C=O) groups excluding carboxylic acids is 1. The van der Waals surface area contributed by atoms with E-state index < -0.39 is 0 Å². The van der Waals surface area contributed by atoms with Crippen molar-refractivity contribution >= 4 is 29.0 Å². The first-order chi connectivity index (χ1) is 9.06. The molecule has 1 unspecified atom stereocenters. The molecule has 0 radical (unpaired) electrons. The lowest BCUT2D eigenvalue weighted by Gasteiger charge is -2.18. The highest BCUT2D eigenvalue weighted by molar-refractivity contribution is 6.44. The van der Waals surface area contributed by atoms with Gasteiger partial charge >= 0.3 is 0 Å². The number of hydrogen-bond donors (Lipinski definition) is 0. The molecular formula is C15H18Cl2O2. The summed E-state index contributed by atoms with van der Waals surface area (Å²) in [6.45, 7) is 1.99. The third kappa shape index (κ3) is 2.90. The van der Waals surface area contributed by atoms with Gasteiger partial charge in [0.05, 0.1) is 12.1 Å². The summed E-state index contributed by atoms with van der Waals surface area (Å²) < 4.78 is 5.09. The highest BCUT2D eigenvalue weighted by atomic mass is 35.5. The SMILES string of the molecule is COc1ccc(C(=O)C(C)C2CCCC2)c(Cl)c1Cl. The summed E-state index contributed by atoms with van der Waals surface area (Å²) in [6.07, 6.45) is 4.71. The molecule has 1 aromatic carbocycles. The Labute approximate surface area is 124 Å². The van der Waals surface area contributed by atoms with Crippen LogP contribution in [0.4, 0.5) is 0 Å². The van der Waals surface area contributed by atoms with Gasteiger partial charge in [0.2, 0.25) is 0 Å². The summed E-state index contributed by atoms with van der Waals surface area (Å²) in [4.78, 5) is 12.5. The first kappa shape index (κ1) is 14.7. The molecule has 0 aliphatic heterocycles. The maximum atomic E-state index is 12.5. The molecular weight excluding hydrogens is 283 g/mol. The molecule has 4 heteroatoms. The van der Waals surface area contributed by atoms with Gasteiger partial charge in [-0.1, -0.05) is 43.0 Å². The van der Waals surface area contributed by atoms with E-state index in [2.05, 4.69) is 0 Å². The van der Waals surface area contributed by atoms with Crippen molar-refractivity contribution in [3.8, 4) is 5.75 Å². The maximum absolute atomic E-state index is 12.5. The van der Waals surface area contributed by atoms with E-state index in [1.54, 1.807) is 12.1 Å². The topological polar surface area (TPSA) is 26.3 Å². The second kappa shape index (κ2) is 6.15. The van der Waals surface area contributed by atoms with Gasteiger partial charge in [-0.3, -0.25) is 4.79 Å². The second-order valence-electron chi connectivity index (χ2n) is 5.14. The van der Waals surface area contributed by atoms with Crippen molar-refractivity contribution in [3.63, 3.8) is 0 Å². The predicted octanol–water partition coefficient (Wildman–Crippen LogP) is 5.01. The molecule has 1 saturated carbocycles. The Morgan fingerprint density at radius 2 is 1.89 bits per heavy atom. The first-order valence-corrected chi connectivity index (χ1v) is 7.38. The van der Waals surface area contributed by atoms with Crippen LogP contribution in [0.5, 0.6) is 5.75 Å². The Bertz CT molecular complexity index is 479. The molecule has 104 valence electrons. The summed E-state index contributed by atoms with van der Waals surface area (Å²) in [5, 5.41) is 0.615. The van der Waals surface area contributed by atoms with Crippen LogP contribution in [0.15, 0.2) is 12.1 Å². The molecule has 19 heavy (non-hydrogen) atoms. The van der Waals surface area contributed by atoms with Crippen molar-refractivity contribution in [2.45, 2.75) is 32.6 Å². The fraction of sp³-hybridized carbons (Fsp3) is 0.533. The minimum absolute atomic E-state index is 0.00413. The number of hydrogen-bond acceptors (Lipinski definition) is 2. The van der Waals surface area contributed by atoms with Gasteiger partial charge in [-0.15, -0.1) is 0 Å². The molecule has 0 bridgehead atoms. The fourth-order valence-corrected chi connectivity index (χ4v) is 3.29. The lowest BCUT2D eigenvalue weighted by Crippen LogP contribution is -2.19. The molecule has 1 aromatic rings. The highest BCUT2D eigenvalue weighted by Gasteiger charge is 2.29. The van der Waals surface area contributed by atoms with Gasteiger partial charge in [0.15, 0.2) is 5.78 Å². The Balaban J connectivity index is 2.26. The van der Waals surface area contributed by atoms with Crippen LogP contribution in [0.1, 0.15) is 43.0 Å². The summed E-state index contributed by atoms with van der Waals surface area (Å²) in [6, 6.07) is 3.41. The zero-order valence-corrected chi connectivity index (χ0v) is 12.7. The minimum Gasteiger partial charge on any atom is -0.495 e. The smallest absolute Gasteiger partial charge is 0.167 e. The average Bonchev–Trinajstić information content (AvgIpc) is 2.94. The van der Waals surface area contributed by atoms with E-state index in [1.165, 1.54) is 20.0 Å². The summed E-state index contributed by atoms with van der Waals surface area (Å²) in [5.74, 6) is 1.06. The number of carbonyl (C=O) groups is 1. The quantitative estimate of drug-likeness (QED) is 0.731. The first-order valence-electron chi connectivity index (χ1n) is 6.62. The lowest BCUT2D eigenvalue weighted by molar-refractivity contribution is 0.0888. The van der Waals surface area contributed by atoms with E-state index in [4.69, 9.17) is 27.9 Å². The summed E-state index contributed by atoms with van der Waals surface area (Å²) in [5.41, 5.74) is 0.506. The van der Waals surface area contributed by atoms with Gasteiger partial charge in [0.25, 0.3) is 0 Å². The molecule has 1 aliphatic rings. The van der Waals surface area contributed by atoms with Crippen LogP contribution in [-0.2, 0) is 0 Å². The van der Waals surface area contributed by atoms with Crippen molar-refractivity contribution in [3.05, 3.63) is 27.7 Å². The van der Waals surface area contributed by atoms with Crippen molar-refractivity contribution in [2.24, 2.45) is 11.8 Å². The van der Waals surface area contributed by atoms with Crippen molar-refractivity contribution in [1.82, 2.24) is 0 Å². The minimum atomic E-state index is 0.00413. The maximum Gasteiger partial charge on any atom is 0.167 e. The molecule has 0 amide bonds. The Kier molecular flexibility index (Phi) is 4.75. The normalized spacial score (nSPS) is 17.5. The van der Waals surface area contributed by atoms with E-state index >= 15 is 0 Å². The van der Waals surface area contributed by atoms with Crippen LogP contribution < -0.4 is 4.74 Å². The van der Waals surface area contributed by atoms with E-state index in [1.807, 2.05) is 6.92 Å². The van der Waals surface area contributed by atoms with Gasteiger partial charge in [0.1, 0.15) is 10.8 Å². The molecule has 0 spiro atoms. The van der Waals surface area contributed by atoms with E-state index in [0.717, 1.165) is 12.8 Å². The van der Waals surface area contributed by atoms with E-state index in [-0.39, 0.29) is 11.7 Å². The zero-order valence-electron chi connectivity index (χ0n) is 11.2. The monoisotopic (exact) mass is 300 g/mol. The molecule has 1 atom stereocenters. The third-order valence-electron chi connectivity index (χ3n) is 4.05. The Hall–Kier alpha value is -0.730. The molecule has 0 N–H and O–H groups in total. The number of rotatable bonds is 4. The fourth-order valence-electron chi connectivity index (χ4n) is 2.80. The summed E-state index contributed by atoms with van der Waals surface area (Å²) >= 11 is 12.3. The molecule has 0 aromatic heterocycles. The van der Waals surface area contributed by atoms with Crippen LogP contribution in [0, 0.1) is 11.8 Å². The molecule has 0 saturated heterocycles. The highest BCUT2D eigenvalue weighted by Crippen LogP contribution is 2.38. The Morgan fingerprint density at radius 3 is 2.47 bits per heavy atom. The van der Waals surface area contributed by atoms with Crippen molar-refractivity contribution in [1.29, 1.82) is 0 Å².